The molecule has 0 aliphatic heterocycles. The van der Waals surface area contributed by atoms with Gasteiger partial charge >= 0.3 is 0 Å². The third kappa shape index (κ3) is 3.16. The second-order valence-corrected chi connectivity index (χ2v) is 5.86. The first-order valence-electron chi connectivity index (χ1n) is 6.18. The standard InChI is InChI=1S/C14H19BrN4/c1-18(2)6-7-19(3)14-11-8-10(15)4-5-13(11)17-9-12(14)16/h4-5,8-9H,6-7,16H2,1-3H3. The van der Waals surface area contributed by atoms with Crippen LogP contribution in [0, 0.1) is 0 Å². The lowest BCUT2D eigenvalue weighted by atomic mass is 10.1. The average Bonchev–Trinajstić information content (AvgIpc) is 2.35. The molecule has 0 fully saturated rings. The van der Waals surface area contributed by atoms with Crippen LogP contribution in [0.2, 0.25) is 0 Å². The van der Waals surface area contributed by atoms with Crippen LogP contribution in [0.25, 0.3) is 10.9 Å². The number of anilines is 2. The molecule has 0 aliphatic rings. The van der Waals surface area contributed by atoms with Crippen LogP contribution >= 0.6 is 15.9 Å². The highest BCUT2D eigenvalue weighted by atomic mass is 79.9. The van der Waals surface area contributed by atoms with Gasteiger partial charge < -0.3 is 15.5 Å². The van der Waals surface area contributed by atoms with E-state index < -0.39 is 0 Å². The topological polar surface area (TPSA) is 45.4 Å². The van der Waals surface area contributed by atoms with Gasteiger partial charge in [-0.25, -0.2) is 0 Å². The number of nitrogens with two attached hydrogens (primary N) is 1. The zero-order valence-electron chi connectivity index (χ0n) is 11.5. The number of nitrogens with zero attached hydrogens (tertiary/aromatic N) is 3. The molecule has 102 valence electrons. The zero-order valence-corrected chi connectivity index (χ0v) is 13.1. The molecule has 5 heteroatoms. The molecular weight excluding hydrogens is 304 g/mol. The summed E-state index contributed by atoms with van der Waals surface area (Å²) in [5.74, 6) is 0. The Labute approximate surface area is 122 Å². The highest BCUT2D eigenvalue weighted by Gasteiger charge is 2.11. The molecule has 2 aromatic rings. The van der Waals surface area contributed by atoms with Crippen molar-refractivity contribution in [3.8, 4) is 0 Å². The number of benzene rings is 1. The second kappa shape index (κ2) is 5.75. The van der Waals surface area contributed by atoms with Crippen LogP contribution in [0.5, 0.6) is 0 Å². The Kier molecular flexibility index (Phi) is 4.27. The molecule has 1 heterocycles. The molecule has 0 spiro atoms. The molecule has 1 aromatic heterocycles. The fourth-order valence-corrected chi connectivity index (χ4v) is 2.42. The summed E-state index contributed by atoms with van der Waals surface area (Å²) in [7, 11) is 6.20. The molecule has 2 rings (SSSR count). The maximum absolute atomic E-state index is 6.11. The van der Waals surface area contributed by atoms with Gasteiger partial charge in [0.15, 0.2) is 0 Å². The summed E-state index contributed by atoms with van der Waals surface area (Å²) in [6.07, 6.45) is 1.73. The number of pyridine rings is 1. The summed E-state index contributed by atoms with van der Waals surface area (Å²) < 4.78 is 1.04. The van der Waals surface area contributed by atoms with Gasteiger partial charge in [-0.1, -0.05) is 15.9 Å². The van der Waals surface area contributed by atoms with Gasteiger partial charge in [0.25, 0.3) is 0 Å². The van der Waals surface area contributed by atoms with E-state index in [1.165, 1.54) is 0 Å². The molecule has 0 unspecified atom stereocenters. The van der Waals surface area contributed by atoms with Crippen LogP contribution in [0.1, 0.15) is 0 Å². The van der Waals surface area contributed by atoms with Gasteiger partial charge in [-0.15, -0.1) is 0 Å². The molecule has 0 aliphatic carbocycles. The number of hydrogen-bond acceptors (Lipinski definition) is 4. The van der Waals surface area contributed by atoms with Crippen LogP contribution in [-0.4, -0.2) is 44.1 Å². The summed E-state index contributed by atoms with van der Waals surface area (Å²) >= 11 is 3.51. The van der Waals surface area contributed by atoms with Crippen molar-refractivity contribution in [1.29, 1.82) is 0 Å². The minimum Gasteiger partial charge on any atom is -0.396 e. The van der Waals surface area contributed by atoms with Crippen molar-refractivity contribution >= 4 is 38.2 Å². The Hall–Kier alpha value is -1.33. The van der Waals surface area contributed by atoms with Gasteiger partial charge in [0.1, 0.15) is 0 Å². The smallest absolute Gasteiger partial charge is 0.0745 e. The number of halogens is 1. The lowest BCUT2D eigenvalue weighted by Crippen LogP contribution is -2.29. The highest BCUT2D eigenvalue weighted by Crippen LogP contribution is 2.32. The van der Waals surface area contributed by atoms with Crippen molar-refractivity contribution in [2.24, 2.45) is 0 Å². The summed E-state index contributed by atoms with van der Waals surface area (Å²) in [5, 5.41) is 1.08. The maximum atomic E-state index is 6.11. The summed E-state index contributed by atoms with van der Waals surface area (Å²) in [4.78, 5) is 8.72. The predicted octanol–water partition coefficient (Wildman–Crippen LogP) is 2.58. The number of fused-ring (bicyclic) bond motifs is 1. The zero-order chi connectivity index (χ0) is 14.0. The van der Waals surface area contributed by atoms with Gasteiger partial charge in [-0.05, 0) is 32.3 Å². The molecule has 0 radical (unpaired) electrons. The minimum atomic E-state index is 0.715. The van der Waals surface area contributed by atoms with E-state index in [1.807, 2.05) is 12.1 Å². The average molecular weight is 323 g/mol. The molecule has 0 saturated carbocycles. The van der Waals surface area contributed by atoms with Crippen LogP contribution < -0.4 is 10.6 Å². The highest BCUT2D eigenvalue weighted by molar-refractivity contribution is 9.10. The van der Waals surface area contributed by atoms with Gasteiger partial charge in [-0.2, -0.15) is 0 Å². The number of hydrogen-bond donors (Lipinski definition) is 1. The minimum absolute atomic E-state index is 0.715. The Balaban J connectivity index is 2.45. The lowest BCUT2D eigenvalue weighted by molar-refractivity contribution is 0.417. The molecule has 19 heavy (non-hydrogen) atoms. The van der Waals surface area contributed by atoms with E-state index in [2.05, 4.69) is 57.9 Å². The van der Waals surface area contributed by atoms with E-state index >= 15 is 0 Å². The van der Waals surface area contributed by atoms with E-state index in [9.17, 15) is 0 Å². The lowest BCUT2D eigenvalue weighted by Gasteiger charge is -2.24. The maximum Gasteiger partial charge on any atom is 0.0745 e. The first-order chi connectivity index (χ1) is 8.99. The van der Waals surface area contributed by atoms with E-state index in [4.69, 9.17) is 5.73 Å². The quantitative estimate of drug-likeness (QED) is 0.939. The van der Waals surface area contributed by atoms with E-state index in [0.717, 1.165) is 34.2 Å². The SMILES string of the molecule is CN(C)CCN(C)c1c(N)cnc2ccc(Br)cc12. The summed E-state index contributed by atoms with van der Waals surface area (Å²) in [6, 6.07) is 6.07. The van der Waals surface area contributed by atoms with Crippen molar-refractivity contribution in [3.63, 3.8) is 0 Å². The monoisotopic (exact) mass is 322 g/mol. The molecule has 0 bridgehead atoms. The summed E-state index contributed by atoms with van der Waals surface area (Å²) in [6.45, 7) is 1.90. The van der Waals surface area contributed by atoms with Crippen LogP contribution in [0.4, 0.5) is 11.4 Å². The molecule has 1 aromatic carbocycles. The third-order valence-corrected chi connectivity index (χ3v) is 3.59. The molecule has 0 amide bonds. The largest absolute Gasteiger partial charge is 0.396 e. The summed E-state index contributed by atoms with van der Waals surface area (Å²) in [5.41, 5.74) is 8.84. The number of aromatic nitrogens is 1. The predicted molar refractivity (Wildman–Crippen MR) is 85.7 cm³/mol. The van der Waals surface area contributed by atoms with E-state index in [0.29, 0.717) is 5.69 Å². The molecular formula is C14H19BrN4. The van der Waals surface area contributed by atoms with E-state index in [1.54, 1.807) is 6.20 Å². The molecule has 0 saturated heterocycles. The number of rotatable bonds is 4. The Morgan fingerprint density at radius 1 is 1.21 bits per heavy atom. The first-order valence-corrected chi connectivity index (χ1v) is 6.98. The van der Waals surface area contributed by atoms with Gasteiger partial charge in [0.2, 0.25) is 0 Å². The molecule has 4 nitrogen and oxygen atoms in total. The normalized spacial score (nSPS) is 11.2. The van der Waals surface area contributed by atoms with Crippen molar-refractivity contribution in [2.75, 3.05) is 44.9 Å². The number of nitrogen functional groups attached to an aromatic ring is 1. The Morgan fingerprint density at radius 2 is 1.95 bits per heavy atom. The Bertz CT molecular complexity index is 578. The van der Waals surface area contributed by atoms with Crippen molar-refractivity contribution in [1.82, 2.24) is 9.88 Å². The van der Waals surface area contributed by atoms with Crippen LogP contribution in [0.3, 0.4) is 0 Å². The van der Waals surface area contributed by atoms with Crippen molar-refractivity contribution in [3.05, 3.63) is 28.9 Å². The molecule has 2 N–H and O–H groups in total. The van der Waals surface area contributed by atoms with Gasteiger partial charge in [0, 0.05) is 30.0 Å². The number of likely N-dealkylation sites (N-methyl/N-ethyl adjacent to an activating group) is 2. The fraction of sp³-hybridized carbons (Fsp3) is 0.357. The van der Waals surface area contributed by atoms with Crippen LogP contribution in [-0.2, 0) is 0 Å². The van der Waals surface area contributed by atoms with Gasteiger partial charge in [-0.3, -0.25) is 4.98 Å². The fourth-order valence-electron chi connectivity index (χ4n) is 2.05. The van der Waals surface area contributed by atoms with Crippen molar-refractivity contribution in [2.45, 2.75) is 0 Å². The Morgan fingerprint density at radius 3 is 2.63 bits per heavy atom. The first kappa shape index (κ1) is 14.1. The van der Waals surface area contributed by atoms with Gasteiger partial charge in [0.05, 0.1) is 23.1 Å². The van der Waals surface area contributed by atoms with Crippen molar-refractivity contribution < 1.29 is 0 Å². The third-order valence-electron chi connectivity index (χ3n) is 3.09. The van der Waals surface area contributed by atoms with Crippen LogP contribution in [0.15, 0.2) is 28.9 Å². The second-order valence-electron chi connectivity index (χ2n) is 4.95. The molecule has 0 atom stereocenters. The van der Waals surface area contributed by atoms with E-state index in [-0.39, 0.29) is 0 Å².